The second-order valence-corrected chi connectivity index (χ2v) is 5.75. The minimum absolute atomic E-state index is 0.0281. The number of rotatable bonds is 6. The van der Waals surface area contributed by atoms with Gasteiger partial charge in [-0.25, -0.2) is 4.39 Å². The Morgan fingerprint density at radius 1 is 1.19 bits per heavy atom. The Morgan fingerprint density at radius 3 is 2.67 bits per heavy atom. The zero-order chi connectivity index (χ0) is 15.1. The third-order valence-corrected chi connectivity index (χ3v) is 3.89. The standard InChI is InChI=1S/C16H17FN2OS/c17-12-3-1-4-15(11-12)21-10-2-5-16(20)19-14-8-6-13(18)7-9-14/h1,3-4,6-9,11H,2,5,10,18H2,(H,19,20). The smallest absolute Gasteiger partial charge is 0.224 e. The summed E-state index contributed by atoms with van der Waals surface area (Å²) >= 11 is 1.55. The van der Waals surface area contributed by atoms with Crippen LogP contribution in [0.1, 0.15) is 12.8 Å². The number of carbonyl (C=O) groups excluding carboxylic acids is 1. The first kappa shape index (κ1) is 15.4. The van der Waals surface area contributed by atoms with Crippen LogP contribution >= 0.6 is 11.8 Å². The van der Waals surface area contributed by atoms with Gasteiger partial charge in [-0.15, -0.1) is 11.8 Å². The van der Waals surface area contributed by atoms with Gasteiger partial charge < -0.3 is 11.1 Å². The molecule has 0 spiro atoms. The molecule has 110 valence electrons. The monoisotopic (exact) mass is 304 g/mol. The third kappa shape index (κ3) is 5.47. The van der Waals surface area contributed by atoms with E-state index < -0.39 is 0 Å². The van der Waals surface area contributed by atoms with Gasteiger partial charge in [0.1, 0.15) is 5.82 Å². The molecule has 0 aromatic heterocycles. The third-order valence-electron chi connectivity index (χ3n) is 2.81. The van der Waals surface area contributed by atoms with E-state index in [2.05, 4.69) is 5.32 Å². The number of thioether (sulfide) groups is 1. The largest absolute Gasteiger partial charge is 0.399 e. The van der Waals surface area contributed by atoms with Gasteiger partial charge in [-0.1, -0.05) is 6.07 Å². The molecule has 2 aromatic carbocycles. The lowest BCUT2D eigenvalue weighted by Gasteiger charge is -2.05. The fourth-order valence-corrected chi connectivity index (χ4v) is 2.66. The fourth-order valence-electron chi connectivity index (χ4n) is 1.77. The number of hydrogen-bond donors (Lipinski definition) is 2. The number of halogens is 1. The number of benzene rings is 2. The SMILES string of the molecule is Nc1ccc(NC(=O)CCCSc2cccc(F)c2)cc1. The Morgan fingerprint density at radius 2 is 1.95 bits per heavy atom. The molecule has 2 aromatic rings. The molecule has 21 heavy (non-hydrogen) atoms. The summed E-state index contributed by atoms with van der Waals surface area (Å²) in [5, 5.41) is 2.81. The molecule has 0 aliphatic carbocycles. The molecule has 0 saturated carbocycles. The highest BCUT2D eigenvalue weighted by molar-refractivity contribution is 7.99. The second kappa shape index (κ2) is 7.69. The highest BCUT2D eigenvalue weighted by Crippen LogP contribution is 2.20. The fraction of sp³-hybridized carbons (Fsp3) is 0.188. The highest BCUT2D eigenvalue weighted by atomic mass is 32.2. The van der Waals surface area contributed by atoms with Gasteiger partial charge in [-0.2, -0.15) is 0 Å². The molecule has 0 fully saturated rings. The predicted octanol–water partition coefficient (Wildman–Crippen LogP) is 3.92. The molecular weight excluding hydrogens is 287 g/mol. The van der Waals surface area contributed by atoms with Gasteiger partial charge in [0.15, 0.2) is 0 Å². The van der Waals surface area contributed by atoms with E-state index in [4.69, 9.17) is 5.73 Å². The summed E-state index contributed by atoms with van der Waals surface area (Å²) in [4.78, 5) is 12.6. The molecule has 0 unspecified atom stereocenters. The topological polar surface area (TPSA) is 55.1 Å². The van der Waals surface area contributed by atoms with Crippen molar-refractivity contribution in [2.45, 2.75) is 17.7 Å². The van der Waals surface area contributed by atoms with E-state index in [0.717, 1.165) is 22.8 Å². The van der Waals surface area contributed by atoms with E-state index in [-0.39, 0.29) is 11.7 Å². The Balaban J connectivity index is 1.68. The molecule has 1 amide bonds. The van der Waals surface area contributed by atoms with Crippen LogP contribution in [0.15, 0.2) is 53.4 Å². The number of anilines is 2. The van der Waals surface area contributed by atoms with Crippen molar-refractivity contribution < 1.29 is 9.18 Å². The summed E-state index contributed by atoms with van der Waals surface area (Å²) in [5.74, 6) is 0.513. The number of nitrogen functional groups attached to an aromatic ring is 1. The minimum atomic E-state index is -0.235. The lowest BCUT2D eigenvalue weighted by Crippen LogP contribution is -2.11. The summed E-state index contributed by atoms with van der Waals surface area (Å²) in [5.41, 5.74) is 6.99. The van der Waals surface area contributed by atoms with E-state index in [9.17, 15) is 9.18 Å². The first-order valence-electron chi connectivity index (χ1n) is 6.67. The van der Waals surface area contributed by atoms with Crippen LogP contribution in [-0.2, 0) is 4.79 Å². The van der Waals surface area contributed by atoms with E-state index in [1.807, 2.05) is 6.07 Å². The molecule has 0 saturated heterocycles. The van der Waals surface area contributed by atoms with Crippen LogP contribution in [0, 0.1) is 5.82 Å². The van der Waals surface area contributed by atoms with Gasteiger partial charge in [-0.3, -0.25) is 4.79 Å². The van der Waals surface area contributed by atoms with Gasteiger partial charge in [0.2, 0.25) is 5.91 Å². The molecular formula is C16H17FN2OS. The average Bonchev–Trinajstić information content (AvgIpc) is 2.46. The minimum Gasteiger partial charge on any atom is -0.399 e. The summed E-state index contributed by atoms with van der Waals surface area (Å²) in [6.07, 6.45) is 1.18. The number of hydrogen-bond acceptors (Lipinski definition) is 3. The van der Waals surface area contributed by atoms with Crippen molar-refractivity contribution in [3.63, 3.8) is 0 Å². The van der Waals surface area contributed by atoms with E-state index in [1.54, 1.807) is 42.1 Å². The molecule has 2 rings (SSSR count). The molecule has 0 aliphatic heterocycles. The summed E-state index contributed by atoms with van der Waals surface area (Å²) in [7, 11) is 0. The Kier molecular flexibility index (Phi) is 5.63. The highest BCUT2D eigenvalue weighted by Gasteiger charge is 2.03. The van der Waals surface area contributed by atoms with Crippen LogP contribution in [0.3, 0.4) is 0 Å². The molecule has 3 nitrogen and oxygen atoms in total. The van der Waals surface area contributed by atoms with E-state index >= 15 is 0 Å². The Bertz CT molecular complexity index is 601. The molecule has 0 radical (unpaired) electrons. The average molecular weight is 304 g/mol. The maximum atomic E-state index is 13.0. The van der Waals surface area contributed by atoms with Crippen molar-refractivity contribution in [3.8, 4) is 0 Å². The zero-order valence-corrected chi connectivity index (χ0v) is 12.3. The quantitative estimate of drug-likeness (QED) is 0.483. The van der Waals surface area contributed by atoms with Gasteiger partial charge >= 0.3 is 0 Å². The lowest BCUT2D eigenvalue weighted by molar-refractivity contribution is -0.116. The predicted molar refractivity (Wildman–Crippen MR) is 85.8 cm³/mol. The number of amides is 1. The first-order valence-corrected chi connectivity index (χ1v) is 7.66. The van der Waals surface area contributed by atoms with Crippen LogP contribution in [0.25, 0.3) is 0 Å². The summed E-state index contributed by atoms with van der Waals surface area (Å²) in [6, 6.07) is 13.5. The van der Waals surface area contributed by atoms with Crippen LogP contribution in [0.4, 0.5) is 15.8 Å². The second-order valence-electron chi connectivity index (χ2n) is 4.58. The van der Waals surface area contributed by atoms with Gasteiger partial charge in [0.25, 0.3) is 0 Å². The number of carbonyl (C=O) groups is 1. The molecule has 0 heterocycles. The van der Waals surface area contributed by atoms with E-state index in [1.165, 1.54) is 12.1 Å². The van der Waals surface area contributed by atoms with Crippen molar-refractivity contribution in [2.75, 3.05) is 16.8 Å². The van der Waals surface area contributed by atoms with Gasteiger partial charge in [-0.05, 0) is 54.6 Å². The van der Waals surface area contributed by atoms with Crippen LogP contribution < -0.4 is 11.1 Å². The molecule has 5 heteroatoms. The van der Waals surface area contributed by atoms with E-state index in [0.29, 0.717) is 12.1 Å². The molecule has 0 atom stereocenters. The van der Waals surface area contributed by atoms with Crippen molar-refractivity contribution in [3.05, 3.63) is 54.3 Å². The van der Waals surface area contributed by atoms with Crippen LogP contribution in [-0.4, -0.2) is 11.7 Å². The Labute approximate surface area is 127 Å². The number of nitrogens with two attached hydrogens (primary N) is 1. The van der Waals surface area contributed by atoms with Crippen LogP contribution in [0.5, 0.6) is 0 Å². The van der Waals surface area contributed by atoms with Gasteiger partial charge in [0.05, 0.1) is 0 Å². The Hall–Kier alpha value is -2.01. The normalized spacial score (nSPS) is 10.3. The van der Waals surface area contributed by atoms with Crippen molar-refractivity contribution in [1.82, 2.24) is 0 Å². The lowest BCUT2D eigenvalue weighted by atomic mass is 10.2. The van der Waals surface area contributed by atoms with Crippen LogP contribution in [0.2, 0.25) is 0 Å². The zero-order valence-electron chi connectivity index (χ0n) is 11.5. The van der Waals surface area contributed by atoms with Crippen molar-refractivity contribution in [1.29, 1.82) is 0 Å². The maximum absolute atomic E-state index is 13.0. The first-order chi connectivity index (χ1) is 10.1. The van der Waals surface area contributed by atoms with Crippen molar-refractivity contribution >= 4 is 29.0 Å². The van der Waals surface area contributed by atoms with Gasteiger partial charge in [0, 0.05) is 22.7 Å². The maximum Gasteiger partial charge on any atom is 0.224 e. The molecule has 0 aliphatic rings. The molecule has 3 N–H and O–H groups in total. The molecule has 0 bridgehead atoms. The summed E-state index contributed by atoms with van der Waals surface area (Å²) in [6.45, 7) is 0. The van der Waals surface area contributed by atoms with Crippen molar-refractivity contribution in [2.24, 2.45) is 0 Å². The number of nitrogens with one attached hydrogen (secondary N) is 1. The summed E-state index contributed by atoms with van der Waals surface area (Å²) < 4.78 is 13.0.